The van der Waals surface area contributed by atoms with E-state index in [1.165, 1.54) is 41.8 Å². The topological polar surface area (TPSA) is 34.0 Å². The second-order valence-electron chi connectivity index (χ2n) is 6.37. The first-order chi connectivity index (χ1) is 11.1. The third-order valence-electron chi connectivity index (χ3n) is 4.61. The number of nitrogens with zero attached hydrogens (tertiary/aromatic N) is 1. The fraction of sp³-hybridized carbons (Fsp3) is 0.421. The van der Waals surface area contributed by atoms with Crippen LogP contribution >= 0.6 is 11.8 Å². The summed E-state index contributed by atoms with van der Waals surface area (Å²) in [5.74, 6) is 0. The number of anilines is 1. The number of aromatic nitrogens is 1. The van der Waals surface area contributed by atoms with Crippen molar-refractivity contribution in [3.63, 3.8) is 0 Å². The summed E-state index contributed by atoms with van der Waals surface area (Å²) in [7, 11) is 1.82. The van der Waals surface area contributed by atoms with Crippen LogP contribution in [0.25, 0.3) is 11.1 Å². The Morgan fingerprint density at radius 3 is 2.61 bits per heavy atom. The number of benzene rings is 1. The van der Waals surface area contributed by atoms with Gasteiger partial charge in [0.1, 0.15) is 0 Å². The van der Waals surface area contributed by atoms with Gasteiger partial charge in [-0.15, -0.1) is 11.8 Å². The molecule has 1 fully saturated rings. The van der Waals surface area contributed by atoms with Crippen LogP contribution in [0.3, 0.4) is 0 Å². The van der Waals surface area contributed by atoms with Gasteiger partial charge in [0, 0.05) is 46.6 Å². The monoisotopic (exact) mass is 328 g/mol. The SMILES string of the molecule is CSc1ccc(NC2CCCC2)c(-c2cc(C)c(=O)n(C)c2)c1. The molecule has 1 aromatic carbocycles. The zero-order chi connectivity index (χ0) is 16.4. The molecule has 0 saturated heterocycles. The molecule has 1 aliphatic rings. The van der Waals surface area contributed by atoms with Gasteiger partial charge in [-0.25, -0.2) is 0 Å². The van der Waals surface area contributed by atoms with E-state index in [2.05, 4.69) is 29.8 Å². The summed E-state index contributed by atoms with van der Waals surface area (Å²) in [4.78, 5) is 13.2. The lowest BCUT2D eigenvalue weighted by molar-refractivity contribution is 0.755. The Morgan fingerprint density at radius 1 is 1.22 bits per heavy atom. The number of hydrogen-bond donors (Lipinski definition) is 1. The van der Waals surface area contributed by atoms with Crippen LogP contribution in [0.4, 0.5) is 5.69 Å². The van der Waals surface area contributed by atoms with E-state index in [1.54, 1.807) is 16.3 Å². The largest absolute Gasteiger partial charge is 0.382 e. The van der Waals surface area contributed by atoms with E-state index < -0.39 is 0 Å². The second-order valence-corrected chi connectivity index (χ2v) is 7.24. The Bertz CT molecular complexity index is 734. The second kappa shape index (κ2) is 6.83. The van der Waals surface area contributed by atoms with Gasteiger partial charge in [-0.2, -0.15) is 0 Å². The minimum absolute atomic E-state index is 0.0695. The molecule has 1 heterocycles. The van der Waals surface area contributed by atoms with E-state index in [9.17, 15) is 4.79 Å². The summed E-state index contributed by atoms with van der Waals surface area (Å²) < 4.78 is 1.68. The molecule has 1 saturated carbocycles. The molecule has 3 nitrogen and oxygen atoms in total. The van der Waals surface area contributed by atoms with Gasteiger partial charge in [-0.1, -0.05) is 12.8 Å². The van der Waals surface area contributed by atoms with Crippen molar-refractivity contribution in [3.8, 4) is 11.1 Å². The molecule has 0 amide bonds. The quantitative estimate of drug-likeness (QED) is 0.843. The summed E-state index contributed by atoms with van der Waals surface area (Å²) in [6, 6.07) is 9.14. The van der Waals surface area contributed by atoms with Crippen molar-refractivity contribution < 1.29 is 0 Å². The number of rotatable bonds is 4. The molecule has 0 aliphatic heterocycles. The smallest absolute Gasteiger partial charge is 0.253 e. The Kier molecular flexibility index (Phi) is 4.81. The van der Waals surface area contributed by atoms with Crippen LogP contribution in [-0.4, -0.2) is 16.9 Å². The molecule has 0 radical (unpaired) electrons. The molecular formula is C19H24N2OS. The molecule has 0 unspecified atom stereocenters. The van der Waals surface area contributed by atoms with Gasteiger partial charge < -0.3 is 9.88 Å². The predicted octanol–water partition coefficient (Wildman–Crippen LogP) is 4.44. The lowest BCUT2D eigenvalue weighted by Gasteiger charge is -2.19. The van der Waals surface area contributed by atoms with Crippen LogP contribution in [-0.2, 0) is 7.05 Å². The van der Waals surface area contributed by atoms with Crippen molar-refractivity contribution in [1.29, 1.82) is 0 Å². The van der Waals surface area contributed by atoms with Crippen LogP contribution in [0.2, 0.25) is 0 Å². The molecule has 1 N–H and O–H groups in total. The van der Waals surface area contributed by atoms with Crippen LogP contribution in [0.1, 0.15) is 31.2 Å². The van der Waals surface area contributed by atoms with Crippen molar-refractivity contribution in [3.05, 3.63) is 46.4 Å². The van der Waals surface area contributed by atoms with Gasteiger partial charge in [0.15, 0.2) is 0 Å². The highest BCUT2D eigenvalue weighted by molar-refractivity contribution is 7.98. The Balaban J connectivity index is 2.06. The maximum atomic E-state index is 12.0. The standard InChI is InChI=1S/C19H24N2OS/c1-13-10-14(12-21(2)19(13)22)17-11-16(23-3)8-9-18(17)20-15-6-4-5-7-15/h8-12,15,20H,4-7H2,1-3H3. The minimum atomic E-state index is 0.0695. The van der Waals surface area contributed by atoms with Gasteiger partial charge in [-0.3, -0.25) is 4.79 Å². The number of nitrogens with one attached hydrogen (secondary N) is 1. The molecule has 0 atom stereocenters. The highest BCUT2D eigenvalue weighted by Gasteiger charge is 2.17. The van der Waals surface area contributed by atoms with Gasteiger partial charge in [0.05, 0.1) is 0 Å². The van der Waals surface area contributed by atoms with Crippen molar-refractivity contribution >= 4 is 17.4 Å². The molecule has 4 heteroatoms. The van der Waals surface area contributed by atoms with Crippen molar-refractivity contribution in [2.45, 2.75) is 43.5 Å². The van der Waals surface area contributed by atoms with Gasteiger partial charge >= 0.3 is 0 Å². The van der Waals surface area contributed by atoms with E-state index in [0.717, 1.165) is 11.1 Å². The van der Waals surface area contributed by atoms with Crippen LogP contribution in [0.5, 0.6) is 0 Å². The maximum Gasteiger partial charge on any atom is 0.253 e. The van der Waals surface area contributed by atoms with Gasteiger partial charge in [0.25, 0.3) is 5.56 Å². The maximum absolute atomic E-state index is 12.0. The Morgan fingerprint density at radius 2 is 1.96 bits per heavy atom. The summed E-state index contributed by atoms with van der Waals surface area (Å²) >= 11 is 1.74. The average molecular weight is 328 g/mol. The summed E-state index contributed by atoms with van der Waals surface area (Å²) in [5.41, 5.74) is 4.31. The van der Waals surface area contributed by atoms with Gasteiger partial charge in [-0.05, 0) is 50.3 Å². The lowest BCUT2D eigenvalue weighted by atomic mass is 10.0. The predicted molar refractivity (Wildman–Crippen MR) is 99.5 cm³/mol. The zero-order valence-corrected chi connectivity index (χ0v) is 14.9. The molecule has 1 aliphatic carbocycles. The third kappa shape index (κ3) is 3.47. The van der Waals surface area contributed by atoms with E-state index in [-0.39, 0.29) is 5.56 Å². The molecular weight excluding hydrogens is 304 g/mol. The van der Waals surface area contributed by atoms with E-state index in [0.29, 0.717) is 6.04 Å². The lowest BCUT2D eigenvalue weighted by Crippen LogP contribution is -2.19. The highest BCUT2D eigenvalue weighted by Crippen LogP contribution is 2.34. The van der Waals surface area contributed by atoms with Gasteiger partial charge in [0.2, 0.25) is 0 Å². The first-order valence-corrected chi connectivity index (χ1v) is 9.43. The van der Waals surface area contributed by atoms with Crippen molar-refractivity contribution in [2.24, 2.45) is 7.05 Å². The summed E-state index contributed by atoms with van der Waals surface area (Å²) in [6.07, 6.45) is 9.15. The number of thioether (sulfide) groups is 1. The number of pyridine rings is 1. The zero-order valence-electron chi connectivity index (χ0n) is 14.1. The fourth-order valence-corrected chi connectivity index (χ4v) is 3.77. The molecule has 0 spiro atoms. The average Bonchev–Trinajstić information content (AvgIpc) is 3.05. The van der Waals surface area contributed by atoms with Crippen molar-refractivity contribution in [1.82, 2.24) is 4.57 Å². The molecule has 122 valence electrons. The van der Waals surface area contributed by atoms with Crippen molar-refractivity contribution in [2.75, 3.05) is 11.6 Å². The third-order valence-corrected chi connectivity index (χ3v) is 5.34. The fourth-order valence-electron chi connectivity index (χ4n) is 3.33. The first-order valence-electron chi connectivity index (χ1n) is 8.20. The Hall–Kier alpha value is -1.68. The molecule has 2 aromatic rings. The molecule has 3 rings (SSSR count). The van der Waals surface area contributed by atoms with E-state index in [4.69, 9.17) is 0 Å². The number of aryl methyl sites for hydroxylation is 2. The van der Waals surface area contributed by atoms with Crippen LogP contribution < -0.4 is 10.9 Å². The molecule has 0 bridgehead atoms. The first kappa shape index (κ1) is 16.2. The summed E-state index contributed by atoms with van der Waals surface area (Å²) in [6.45, 7) is 1.88. The minimum Gasteiger partial charge on any atom is -0.382 e. The molecule has 23 heavy (non-hydrogen) atoms. The van der Waals surface area contributed by atoms with Crippen LogP contribution in [0, 0.1) is 6.92 Å². The normalized spacial score (nSPS) is 15.1. The van der Waals surface area contributed by atoms with Crippen LogP contribution in [0.15, 0.2) is 40.2 Å². The highest BCUT2D eigenvalue weighted by atomic mass is 32.2. The van der Waals surface area contributed by atoms with E-state index in [1.807, 2.05) is 26.2 Å². The van der Waals surface area contributed by atoms with E-state index >= 15 is 0 Å². The number of hydrogen-bond acceptors (Lipinski definition) is 3. The Labute approximate surface area is 142 Å². The molecule has 1 aromatic heterocycles. The summed E-state index contributed by atoms with van der Waals surface area (Å²) in [5, 5.41) is 3.72.